The summed E-state index contributed by atoms with van der Waals surface area (Å²) in [7, 11) is 0. The second-order valence-corrected chi connectivity index (χ2v) is 5.29. The van der Waals surface area contributed by atoms with Gasteiger partial charge in [-0.15, -0.1) is 0 Å². The molecule has 0 atom stereocenters. The SMILES string of the molecule is O=C1Oc2ccccc2C/C1=C/c1c(Cl)cccc1Cl. The van der Waals surface area contributed by atoms with Crippen LogP contribution in [0.1, 0.15) is 11.1 Å². The molecule has 0 spiro atoms. The van der Waals surface area contributed by atoms with Gasteiger partial charge in [0.25, 0.3) is 0 Å². The van der Waals surface area contributed by atoms with Crippen molar-refractivity contribution in [3.8, 4) is 5.75 Å². The standard InChI is InChI=1S/C16H10Cl2O2/c17-13-5-3-6-14(18)12(13)9-11-8-10-4-1-2-7-15(10)20-16(11)19/h1-7,9H,8H2/b11-9-. The van der Waals surface area contributed by atoms with Gasteiger partial charge in [-0.1, -0.05) is 47.5 Å². The van der Waals surface area contributed by atoms with Crippen LogP contribution < -0.4 is 4.74 Å². The molecule has 1 aliphatic heterocycles. The number of esters is 1. The van der Waals surface area contributed by atoms with E-state index in [1.54, 1.807) is 30.3 Å². The number of ether oxygens (including phenoxy) is 1. The van der Waals surface area contributed by atoms with E-state index in [0.717, 1.165) is 5.56 Å². The van der Waals surface area contributed by atoms with Gasteiger partial charge in [-0.25, -0.2) is 4.79 Å². The predicted octanol–water partition coefficient (Wildman–Crippen LogP) is 4.54. The molecule has 0 fully saturated rings. The normalized spacial score (nSPS) is 15.9. The van der Waals surface area contributed by atoms with E-state index < -0.39 is 0 Å². The quantitative estimate of drug-likeness (QED) is 0.439. The molecule has 4 heteroatoms. The highest BCUT2D eigenvalue weighted by Crippen LogP contribution is 2.31. The molecule has 100 valence electrons. The van der Waals surface area contributed by atoms with E-state index in [4.69, 9.17) is 27.9 Å². The molecule has 2 nitrogen and oxygen atoms in total. The fourth-order valence-electron chi connectivity index (χ4n) is 2.12. The van der Waals surface area contributed by atoms with Gasteiger partial charge in [0.2, 0.25) is 0 Å². The highest BCUT2D eigenvalue weighted by Gasteiger charge is 2.22. The minimum Gasteiger partial charge on any atom is -0.423 e. The number of fused-ring (bicyclic) bond motifs is 1. The summed E-state index contributed by atoms with van der Waals surface area (Å²) in [6.07, 6.45) is 2.21. The third kappa shape index (κ3) is 2.45. The van der Waals surface area contributed by atoms with Crippen LogP contribution in [-0.2, 0) is 11.2 Å². The van der Waals surface area contributed by atoms with Crippen molar-refractivity contribution in [2.24, 2.45) is 0 Å². The van der Waals surface area contributed by atoms with E-state index in [2.05, 4.69) is 0 Å². The molecule has 0 N–H and O–H groups in total. The van der Waals surface area contributed by atoms with Crippen LogP contribution in [0.3, 0.4) is 0 Å². The summed E-state index contributed by atoms with van der Waals surface area (Å²) in [6.45, 7) is 0. The zero-order valence-electron chi connectivity index (χ0n) is 10.4. The van der Waals surface area contributed by atoms with Gasteiger partial charge in [0.1, 0.15) is 5.75 Å². The maximum Gasteiger partial charge on any atom is 0.339 e. The summed E-state index contributed by atoms with van der Waals surface area (Å²) < 4.78 is 5.30. The fourth-order valence-corrected chi connectivity index (χ4v) is 2.63. The minimum absolute atomic E-state index is 0.361. The van der Waals surface area contributed by atoms with Gasteiger partial charge in [0.15, 0.2) is 0 Å². The van der Waals surface area contributed by atoms with Crippen molar-refractivity contribution < 1.29 is 9.53 Å². The number of hydrogen-bond donors (Lipinski definition) is 0. The summed E-state index contributed by atoms with van der Waals surface area (Å²) >= 11 is 12.2. The highest BCUT2D eigenvalue weighted by atomic mass is 35.5. The Bertz CT molecular complexity index is 700. The molecule has 0 saturated heterocycles. The first-order chi connectivity index (χ1) is 9.65. The Morgan fingerprint density at radius 1 is 1.00 bits per heavy atom. The first-order valence-electron chi connectivity index (χ1n) is 6.10. The molecule has 20 heavy (non-hydrogen) atoms. The van der Waals surface area contributed by atoms with Gasteiger partial charge in [-0.05, 0) is 29.8 Å². The average Bonchev–Trinajstić information content (AvgIpc) is 2.43. The molecule has 0 aliphatic carbocycles. The molecule has 3 rings (SSSR count). The van der Waals surface area contributed by atoms with Gasteiger partial charge in [-0.2, -0.15) is 0 Å². The van der Waals surface area contributed by atoms with E-state index in [1.807, 2.05) is 18.2 Å². The first kappa shape index (κ1) is 13.2. The summed E-state index contributed by atoms with van der Waals surface area (Å²) in [5.74, 6) is 0.250. The second kappa shape index (κ2) is 5.31. The smallest absolute Gasteiger partial charge is 0.339 e. The predicted molar refractivity (Wildman–Crippen MR) is 80.2 cm³/mol. The molecular formula is C16H10Cl2O2. The molecule has 2 aromatic rings. The van der Waals surface area contributed by atoms with Crippen LogP contribution in [0.5, 0.6) is 5.75 Å². The van der Waals surface area contributed by atoms with Crippen molar-refractivity contribution in [3.63, 3.8) is 0 Å². The summed E-state index contributed by atoms with van der Waals surface area (Å²) in [6, 6.07) is 12.7. The van der Waals surface area contributed by atoms with Crippen molar-refractivity contribution in [2.75, 3.05) is 0 Å². The number of carbonyl (C=O) groups is 1. The zero-order chi connectivity index (χ0) is 14.1. The van der Waals surface area contributed by atoms with E-state index in [9.17, 15) is 4.79 Å². The number of benzene rings is 2. The largest absolute Gasteiger partial charge is 0.423 e. The summed E-state index contributed by atoms with van der Waals surface area (Å²) in [5.41, 5.74) is 2.15. The minimum atomic E-state index is -0.361. The lowest BCUT2D eigenvalue weighted by Gasteiger charge is -2.18. The number of carbonyl (C=O) groups excluding carboxylic acids is 1. The second-order valence-electron chi connectivity index (χ2n) is 4.48. The van der Waals surface area contributed by atoms with Crippen LogP contribution in [0.4, 0.5) is 0 Å². The number of halogens is 2. The van der Waals surface area contributed by atoms with E-state index in [0.29, 0.717) is 33.4 Å². The molecule has 1 aliphatic rings. The third-order valence-corrected chi connectivity index (χ3v) is 3.80. The Hall–Kier alpha value is -1.77. The molecule has 0 unspecified atom stereocenters. The van der Waals surface area contributed by atoms with Crippen molar-refractivity contribution >= 4 is 35.2 Å². The van der Waals surface area contributed by atoms with Gasteiger partial charge in [0, 0.05) is 27.6 Å². The molecule has 0 saturated carbocycles. The number of rotatable bonds is 1. The van der Waals surface area contributed by atoms with Crippen LogP contribution in [0.15, 0.2) is 48.0 Å². The maximum atomic E-state index is 12.0. The van der Waals surface area contributed by atoms with Crippen molar-refractivity contribution in [3.05, 3.63) is 69.2 Å². The van der Waals surface area contributed by atoms with E-state index in [1.165, 1.54) is 0 Å². The Morgan fingerprint density at radius 3 is 2.45 bits per heavy atom. The molecule has 0 aromatic heterocycles. The first-order valence-corrected chi connectivity index (χ1v) is 6.85. The maximum absolute atomic E-state index is 12.0. The van der Waals surface area contributed by atoms with E-state index >= 15 is 0 Å². The number of hydrogen-bond acceptors (Lipinski definition) is 2. The molecule has 1 heterocycles. The van der Waals surface area contributed by atoms with Gasteiger partial charge in [-0.3, -0.25) is 0 Å². The van der Waals surface area contributed by atoms with Crippen LogP contribution in [0, 0.1) is 0 Å². The topological polar surface area (TPSA) is 26.3 Å². The molecular weight excluding hydrogens is 295 g/mol. The van der Waals surface area contributed by atoms with Crippen molar-refractivity contribution in [1.82, 2.24) is 0 Å². The lowest BCUT2D eigenvalue weighted by Crippen LogP contribution is -2.19. The van der Waals surface area contributed by atoms with Crippen LogP contribution in [0.2, 0.25) is 10.0 Å². The van der Waals surface area contributed by atoms with E-state index in [-0.39, 0.29) is 5.97 Å². The van der Waals surface area contributed by atoms with Crippen LogP contribution in [0.25, 0.3) is 6.08 Å². The Balaban J connectivity index is 2.03. The molecule has 0 bridgehead atoms. The molecule has 0 radical (unpaired) electrons. The summed E-state index contributed by atoms with van der Waals surface area (Å²) in [4.78, 5) is 12.0. The number of para-hydroxylation sites is 1. The lowest BCUT2D eigenvalue weighted by molar-refractivity contribution is -0.130. The van der Waals surface area contributed by atoms with Crippen molar-refractivity contribution in [1.29, 1.82) is 0 Å². The molecule has 0 amide bonds. The van der Waals surface area contributed by atoms with Crippen molar-refractivity contribution in [2.45, 2.75) is 6.42 Å². The van der Waals surface area contributed by atoms with Crippen LogP contribution in [-0.4, -0.2) is 5.97 Å². The highest BCUT2D eigenvalue weighted by molar-refractivity contribution is 6.37. The fraction of sp³-hybridized carbons (Fsp3) is 0.0625. The van der Waals surface area contributed by atoms with Gasteiger partial charge >= 0.3 is 5.97 Å². The summed E-state index contributed by atoms with van der Waals surface area (Å²) in [5, 5.41) is 1.02. The Morgan fingerprint density at radius 2 is 1.70 bits per heavy atom. The monoisotopic (exact) mass is 304 g/mol. The Labute approximate surface area is 126 Å². The average molecular weight is 305 g/mol. The van der Waals surface area contributed by atoms with Gasteiger partial charge < -0.3 is 4.74 Å². The third-order valence-electron chi connectivity index (χ3n) is 3.14. The zero-order valence-corrected chi connectivity index (χ0v) is 11.9. The Kier molecular flexibility index (Phi) is 3.51. The van der Waals surface area contributed by atoms with Gasteiger partial charge in [0.05, 0.1) is 0 Å². The van der Waals surface area contributed by atoms with Crippen LogP contribution >= 0.6 is 23.2 Å². The lowest BCUT2D eigenvalue weighted by atomic mass is 9.99. The molecule has 2 aromatic carbocycles.